The first-order valence-corrected chi connectivity index (χ1v) is 11.4. The minimum absolute atomic E-state index is 0.0179. The van der Waals surface area contributed by atoms with Gasteiger partial charge in [0.2, 0.25) is 0 Å². The maximum absolute atomic E-state index is 12.5. The summed E-state index contributed by atoms with van der Waals surface area (Å²) in [6.07, 6.45) is 6.61. The molecule has 2 aliphatic rings. The summed E-state index contributed by atoms with van der Waals surface area (Å²) >= 11 is 0. The first-order valence-electron chi connectivity index (χ1n) is 11.4. The van der Waals surface area contributed by atoms with Crippen molar-refractivity contribution in [1.82, 2.24) is 0 Å². The van der Waals surface area contributed by atoms with E-state index in [2.05, 4.69) is 35.5 Å². The van der Waals surface area contributed by atoms with Crippen LogP contribution in [0.2, 0.25) is 0 Å². The number of piperazine rings is 1. The normalized spacial score (nSPS) is 18.2. The number of para-hydroxylation sites is 2. The number of quaternary nitrogens is 1. The van der Waals surface area contributed by atoms with Crippen LogP contribution in [-0.2, 0) is 4.79 Å². The minimum Gasteiger partial charge on any atom is -0.484 e. The Bertz CT molecular complexity index is 823. The van der Waals surface area contributed by atoms with Gasteiger partial charge in [0.15, 0.2) is 6.61 Å². The fourth-order valence-corrected chi connectivity index (χ4v) is 4.59. The number of hydrogen-bond acceptors (Lipinski definition) is 3. The number of benzene rings is 2. The van der Waals surface area contributed by atoms with Gasteiger partial charge >= 0.3 is 0 Å². The van der Waals surface area contributed by atoms with Crippen molar-refractivity contribution >= 4 is 17.3 Å². The van der Waals surface area contributed by atoms with Gasteiger partial charge in [-0.05, 0) is 48.6 Å². The quantitative estimate of drug-likeness (QED) is 0.772. The van der Waals surface area contributed by atoms with Crippen LogP contribution in [0.5, 0.6) is 5.75 Å². The van der Waals surface area contributed by atoms with Crippen molar-refractivity contribution in [1.29, 1.82) is 0 Å². The number of likely N-dealkylation sites (N-methyl/N-ethyl adjacent to an activating group) is 1. The van der Waals surface area contributed by atoms with Gasteiger partial charge < -0.3 is 19.9 Å². The van der Waals surface area contributed by atoms with E-state index in [4.69, 9.17) is 4.74 Å². The molecule has 0 atom stereocenters. The van der Waals surface area contributed by atoms with Gasteiger partial charge in [-0.3, -0.25) is 4.79 Å². The first kappa shape index (κ1) is 20.7. The van der Waals surface area contributed by atoms with E-state index < -0.39 is 0 Å². The molecule has 0 radical (unpaired) electrons. The van der Waals surface area contributed by atoms with Crippen LogP contribution in [0.25, 0.3) is 0 Å². The van der Waals surface area contributed by atoms with Crippen molar-refractivity contribution in [2.24, 2.45) is 0 Å². The van der Waals surface area contributed by atoms with Crippen molar-refractivity contribution in [3.8, 4) is 5.75 Å². The smallest absolute Gasteiger partial charge is 0.262 e. The second kappa shape index (κ2) is 9.98. The predicted molar refractivity (Wildman–Crippen MR) is 122 cm³/mol. The third-order valence-electron chi connectivity index (χ3n) is 6.46. The molecule has 0 aromatic heterocycles. The average molecular weight is 409 g/mol. The molecule has 0 unspecified atom stereocenters. The summed E-state index contributed by atoms with van der Waals surface area (Å²) in [6.45, 7) is 4.25. The van der Waals surface area contributed by atoms with E-state index in [0.717, 1.165) is 43.3 Å². The van der Waals surface area contributed by atoms with E-state index in [1.165, 1.54) is 37.7 Å². The second-order valence-electron chi connectivity index (χ2n) is 8.70. The monoisotopic (exact) mass is 408 g/mol. The Kier molecular flexibility index (Phi) is 6.90. The van der Waals surface area contributed by atoms with Crippen molar-refractivity contribution in [2.75, 3.05) is 50.1 Å². The molecule has 2 aromatic rings. The third kappa shape index (κ3) is 5.33. The largest absolute Gasteiger partial charge is 0.484 e. The summed E-state index contributed by atoms with van der Waals surface area (Å²) in [4.78, 5) is 16.4. The molecule has 2 N–H and O–H groups in total. The molecule has 2 aromatic carbocycles. The molecule has 0 spiro atoms. The highest BCUT2D eigenvalue weighted by Gasteiger charge is 2.20. The van der Waals surface area contributed by atoms with Crippen LogP contribution < -0.4 is 19.9 Å². The number of carbonyl (C=O) groups is 1. The number of anilines is 2. The lowest BCUT2D eigenvalue weighted by Crippen LogP contribution is -3.12. The molecule has 1 aliphatic heterocycles. The number of nitrogens with zero attached hydrogens (tertiary/aromatic N) is 1. The van der Waals surface area contributed by atoms with E-state index in [0.29, 0.717) is 5.92 Å². The lowest BCUT2D eigenvalue weighted by atomic mass is 9.84. The molecule has 5 heteroatoms. The molecule has 1 heterocycles. The SMILES string of the molecule is C[NH+]1CCN(c2ccccc2NC(=O)COc2ccc(C3CCCCC3)cc2)CC1. The molecule has 0 bridgehead atoms. The topological polar surface area (TPSA) is 46.0 Å². The summed E-state index contributed by atoms with van der Waals surface area (Å²) in [5.41, 5.74) is 3.35. The zero-order chi connectivity index (χ0) is 20.8. The maximum Gasteiger partial charge on any atom is 0.262 e. The van der Waals surface area contributed by atoms with E-state index in [9.17, 15) is 4.79 Å². The molecule has 1 amide bonds. The Balaban J connectivity index is 1.31. The van der Waals surface area contributed by atoms with Crippen LogP contribution in [0, 0.1) is 0 Å². The lowest BCUT2D eigenvalue weighted by molar-refractivity contribution is -0.880. The highest BCUT2D eigenvalue weighted by molar-refractivity contribution is 5.95. The van der Waals surface area contributed by atoms with Crippen LogP contribution in [0.15, 0.2) is 48.5 Å². The molecule has 2 fully saturated rings. The van der Waals surface area contributed by atoms with Gasteiger partial charge in [-0.1, -0.05) is 43.5 Å². The van der Waals surface area contributed by atoms with Crippen LogP contribution in [-0.4, -0.2) is 45.7 Å². The standard InChI is InChI=1S/C25H33N3O2/c1-27-15-17-28(18-16-27)24-10-6-5-9-23(24)26-25(29)19-30-22-13-11-21(12-14-22)20-7-3-2-4-8-20/h5-6,9-14,20H,2-4,7-8,15-19H2,1H3,(H,26,29)/p+1. The molecular formula is C25H34N3O2+. The third-order valence-corrected chi connectivity index (χ3v) is 6.46. The Morgan fingerprint density at radius 3 is 2.47 bits per heavy atom. The van der Waals surface area contributed by atoms with Crippen molar-refractivity contribution in [3.63, 3.8) is 0 Å². The van der Waals surface area contributed by atoms with Crippen molar-refractivity contribution < 1.29 is 14.4 Å². The van der Waals surface area contributed by atoms with E-state index >= 15 is 0 Å². The number of ether oxygens (including phenoxy) is 1. The Hall–Kier alpha value is -2.53. The zero-order valence-corrected chi connectivity index (χ0v) is 18.0. The van der Waals surface area contributed by atoms with Crippen LogP contribution in [0.1, 0.15) is 43.6 Å². The van der Waals surface area contributed by atoms with Gasteiger partial charge in [0, 0.05) is 0 Å². The first-order chi connectivity index (χ1) is 14.7. The summed E-state index contributed by atoms with van der Waals surface area (Å²) in [5.74, 6) is 1.31. The number of nitrogens with one attached hydrogen (secondary N) is 2. The molecule has 5 nitrogen and oxygen atoms in total. The van der Waals surface area contributed by atoms with Gasteiger partial charge in [-0.15, -0.1) is 0 Å². The molecule has 30 heavy (non-hydrogen) atoms. The highest BCUT2D eigenvalue weighted by atomic mass is 16.5. The minimum atomic E-state index is -0.126. The van der Waals surface area contributed by atoms with Crippen LogP contribution in [0.4, 0.5) is 11.4 Å². The van der Waals surface area contributed by atoms with Gasteiger partial charge in [-0.25, -0.2) is 0 Å². The van der Waals surface area contributed by atoms with Gasteiger partial charge in [0.25, 0.3) is 5.91 Å². The Morgan fingerprint density at radius 2 is 1.73 bits per heavy atom. The fourth-order valence-electron chi connectivity index (χ4n) is 4.59. The molecule has 1 saturated carbocycles. The molecule has 1 aliphatic carbocycles. The summed E-state index contributed by atoms with van der Waals surface area (Å²) in [7, 11) is 2.23. The summed E-state index contributed by atoms with van der Waals surface area (Å²) in [5, 5.41) is 3.04. The number of rotatable bonds is 6. The summed E-state index contributed by atoms with van der Waals surface area (Å²) in [6, 6.07) is 16.4. The molecular weight excluding hydrogens is 374 g/mol. The number of amides is 1. The van der Waals surface area contributed by atoms with Gasteiger partial charge in [-0.2, -0.15) is 0 Å². The Morgan fingerprint density at radius 1 is 1.03 bits per heavy atom. The highest BCUT2D eigenvalue weighted by Crippen LogP contribution is 2.33. The number of carbonyl (C=O) groups excluding carboxylic acids is 1. The number of hydrogen-bond donors (Lipinski definition) is 2. The van der Waals surface area contributed by atoms with E-state index in [-0.39, 0.29) is 12.5 Å². The van der Waals surface area contributed by atoms with Crippen LogP contribution in [0.3, 0.4) is 0 Å². The fraction of sp³-hybridized carbons (Fsp3) is 0.480. The average Bonchev–Trinajstić information content (AvgIpc) is 2.80. The maximum atomic E-state index is 12.5. The lowest BCUT2D eigenvalue weighted by Gasteiger charge is -2.33. The second-order valence-corrected chi connectivity index (χ2v) is 8.70. The zero-order valence-electron chi connectivity index (χ0n) is 18.0. The van der Waals surface area contributed by atoms with Gasteiger partial charge in [0.05, 0.1) is 44.6 Å². The van der Waals surface area contributed by atoms with Crippen molar-refractivity contribution in [2.45, 2.75) is 38.0 Å². The molecule has 160 valence electrons. The summed E-state index contributed by atoms with van der Waals surface area (Å²) < 4.78 is 5.75. The Labute approximate surface area is 180 Å². The molecule has 1 saturated heterocycles. The van der Waals surface area contributed by atoms with E-state index in [1.807, 2.05) is 30.3 Å². The van der Waals surface area contributed by atoms with E-state index in [1.54, 1.807) is 4.90 Å². The predicted octanol–water partition coefficient (Wildman–Crippen LogP) is 3.09. The van der Waals surface area contributed by atoms with Crippen LogP contribution >= 0.6 is 0 Å². The molecule has 4 rings (SSSR count). The van der Waals surface area contributed by atoms with Gasteiger partial charge in [0.1, 0.15) is 5.75 Å². The van der Waals surface area contributed by atoms with Crippen molar-refractivity contribution in [3.05, 3.63) is 54.1 Å².